The molecule has 1 aliphatic rings. The highest BCUT2D eigenvalue weighted by molar-refractivity contribution is 9.09. The summed E-state index contributed by atoms with van der Waals surface area (Å²) in [6, 6.07) is 0. The number of rotatable bonds is 3. The molecule has 0 spiro atoms. The van der Waals surface area contributed by atoms with Gasteiger partial charge in [0.1, 0.15) is 0 Å². The Morgan fingerprint density at radius 3 is 2.54 bits per heavy atom. The highest BCUT2D eigenvalue weighted by Crippen LogP contribution is 2.33. The van der Waals surface area contributed by atoms with Crippen LogP contribution in [0.2, 0.25) is 0 Å². The molecule has 1 rings (SSSR count). The predicted molar refractivity (Wildman–Crippen MR) is 60.3 cm³/mol. The molecule has 1 fully saturated rings. The quantitative estimate of drug-likeness (QED) is 0.694. The van der Waals surface area contributed by atoms with Crippen LogP contribution < -0.4 is 0 Å². The van der Waals surface area contributed by atoms with Gasteiger partial charge in [0, 0.05) is 11.9 Å². The van der Waals surface area contributed by atoms with Crippen molar-refractivity contribution in [3.05, 3.63) is 0 Å². The van der Waals surface area contributed by atoms with E-state index in [9.17, 15) is 0 Å². The van der Waals surface area contributed by atoms with Gasteiger partial charge in [-0.3, -0.25) is 0 Å². The second kappa shape index (κ2) is 4.79. The Morgan fingerprint density at radius 2 is 2.15 bits per heavy atom. The summed E-state index contributed by atoms with van der Waals surface area (Å²) in [4.78, 5) is 0. The van der Waals surface area contributed by atoms with Crippen molar-refractivity contribution in [3.63, 3.8) is 0 Å². The van der Waals surface area contributed by atoms with Crippen molar-refractivity contribution in [1.82, 2.24) is 0 Å². The molecule has 0 radical (unpaired) electrons. The van der Waals surface area contributed by atoms with Gasteiger partial charge in [-0.15, -0.1) is 0 Å². The van der Waals surface area contributed by atoms with Gasteiger partial charge in [-0.05, 0) is 30.6 Å². The number of hydrogen-bond acceptors (Lipinski definition) is 1. The number of hydrogen-bond donors (Lipinski definition) is 0. The second-order valence-corrected chi connectivity index (χ2v) is 5.74. The van der Waals surface area contributed by atoms with Crippen LogP contribution >= 0.6 is 15.9 Å². The topological polar surface area (TPSA) is 9.23 Å². The Kier molecular flexibility index (Phi) is 4.24. The van der Waals surface area contributed by atoms with Crippen molar-refractivity contribution in [2.45, 2.75) is 46.1 Å². The molecule has 1 heterocycles. The summed E-state index contributed by atoms with van der Waals surface area (Å²) >= 11 is 3.60. The monoisotopic (exact) mass is 248 g/mol. The van der Waals surface area contributed by atoms with Gasteiger partial charge < -0.3 is 4.74 Å². The van der Waals surface area contributed by atoms with Crippen LogP contribution in [-0.4, -0.2) is 18.0 Å². The van der Waals surface area contributed by atoms with Gasteiger partial charge in [0.05, 0.1) is 6.10 Å². The molecule has 0 aliphatic carbocycles. The lowest BCUT2D eigenvalue weighted by Crippen LogP contribution is -2.26. The summed E-state index contributed by atoms with van der Waals surface area (Å²) in [7, 11) is 0. The van der Waals surface area contributed by atoms with Crippen LogP contribution in [0.1, 0.15) is 40.0 Å². The van der Waals surface area contributed by atoms with Crippen LogP contribution in [0.5, 0.6) is 0 Å². The molecular weight excluding hydrogens is 228 g/mol. The van der Waals surface area contributed by atoms with Crippen LogP contribution in [-0.2, 0) is 4.74 Å². The highest BCUT2D eigenvalue weighted by Gasteiger charge is 2.28. The van der Waals surface area contributed by atoms with Crippen LogP contribution in [0.15, 0.2) is 0 Å². The summed E-state index contributed by atoms with van der Waals surface area (Å²) in [6.07, 6.45) is 4.26. The molecule has 0 N–H and O–H groups in total. The third kappa shape index (κ3) is 3.59. The first-order valence-corrected chi connectivity index (χ1v) is 6.33. The average molecular weight is 249 g/mol. The molecule has 0 aromatic rings. The summed E-state index contributed by atoms with van der Waals surface area (Å²) in [6.45, 7) is 7.92. The number of ether oxygens (including phenoxy) is 1. The molecule has 1 aliphatic heterocycles. The number of halogens is 1. The Bertz CT molecular complexity index is 145. The normalized spacial score (nSPS) is 26.3. The second-order valence-electron chi connectivity index (χ2n) is 5.09. The van der Waals surface area contributed by atoms with E-state index in [1.54, 1.807) is 0 Å². The third-order valence-corrected chi connectivity index (χ3v) is 3.76. The van der Waals surface area contributed by atoms with Gasteiger partial charge in [0.15, 0.2) is 0 Å². The van der Waals surface area contributed by atoms with Crippen LogP contribution in [0.3, 0.4) is 0 Å². The van der Waals surface area contributed by atoms with E-state index in [4.69, 9.17) is 4.74 Å². The van der Waals surface area contributed by atoms with Crippen molar-refractivity contribution in [1.29, 1.82) is 0 Å². The van der Waals surface area contributed by atoms with E-state index in [1.807, 2.05) is 0 Å². The van der Waals surface area contributed by atoms with Gasteiger partial charge in [-0.25, -0.2) is 0 Å². The molecule has 0 saturated carbocycles. The molecule has 0 aromatic heterocycles. The minimum Gasteiger partial charge on any atom is -0.378 e. The van der Waals surface area contributed by atoms with E-state index in [2.05, 4.69) is 36.7 Å². The summed E-state index contributed by atoms with van der Waals surface area (Å²) in [5, 5.41) is 1.09. The third-order valence-electron chi connectivity index (χ3n) is 2.98. The predicted octanol–water partition coefficient (Wildman–Crippen LogP) is 3.61. The first-order chi connectivity index (χ1) is 6.04. The molecule has 0 aromatic carbocycles. The molecular formula is C11H21BrO. The fraction of sp³-hybridized carbons (Fsp3) is 1.00. The van der Waals surface area contributed by atoms with E-state index >= 15 is 0 Å². The van der Waals surface area contributed by atoms with Gasteiger partial charge in [0.25, 0.3) is 0 Å². The lowest BCUT2D eigenvalue weighted by Gasteiger charge is -2.30. The first-order valence-electron chi connectivity index (χ1n) is 5.21. The SMILES string of the molecule is CC(C)(C)C(CBr)CC1CCCO1. The molecule has 2 heteroatoms. The molecule has 0 bridgehead atoms. The van der Waals surface area contributed by atoms with Gasteiger partial charge in [0.2, 0.25) is 0 Å². The van der Waals surface area contributed by atoms with E-state index < -0.39 is 0 Å². The molecule has 2 atom stereocenters. The van der Waals surface area contributed by atoms with Crippen molar-refractivity contribution < 1.29 is 4.74 Å². The molecule has 0 amide bonds. The maximum Gasteiger partial charge on any atom is 0.0579 e. The summed E-state index contributed by atoms with van der Waals surface area (Å²) < 4.78 is 5.66. The van der Waals surface area contributed by atoms with E-state index in [-0.39, 0.29) is 0 Å². The fourth-order valence-electron chi connectivity index (χ4n) is 1.80. The van der Waals surface area contributed by atoms with Crippen molar-refractivity contribution in [2.24, 2.45) is 11.3 Å². The largest absolute Gasteiger partial charge is 0.378 e. The molecule has 13 heavy (non-hydrogen) atoms. The Balaban J connectivity index is 2.39. The first kappa shape index (κ1) is 11.5. The zero-order chi connectivity index (χ0) is 9.90. The maximum atomic E-state index is 5.66. The zero-order valence-corrected chi connectivity index (χ0v) is 10.6. The maximum absolute atomic E-state index is 5.66. The Hall–Kier alpha value is 0.440. The summed E-state index contributed by atoms with van der Waals surface area (Å²) in [5.41, 5.74) is 0.398. The van der Waals surface area contributed by atoms with Gasteiger partial charge in [-0.1, -0.05) is 36.7 Å². The van der Waals surface area contributed by atoms with Gasteiger partial charge in [-0.2, -0.15) is 0 Å². The molecule has 78 valence electrons. The Labute approximate surface area is 90.4 Å². The molecule has 1 saturated heterocycles. The van der Waals surface area contributed by atoms with E-state index in [0.717, 1.165) is 17.9 Å². The van der Waals surface area contributed by atoms with Crippen molar-refractivity contribution >= 4 is 15.9 Å². The standard InChI is InChI=1S/C11H21BrO/c1-11(2,3)9(8-12)7-10-5-4-6-13-10/h9-10H,4-8H2,1-3H3. The lowest BCUT2D eigenvalue weighted by molar-refractivity contribution is 0.0732. The van der Waals surface area contributed by atoms with Crippen LogP contribution in [0, 0.1) is 11.3 Å². The van der Waals surface area contributed by atoms with Crippen LogP contribution in [0.25, 0.3) is 0 Å². The fourth-order valence-corrected chi connectivity index (χ4v) is 3.03. The minimum absolute atomic E-state index is 0.398. The average Bonchev–Trinajstić information content (AvgIpc) is 2.49. The van der Waals surface area contributed by atoms with E-state index in [0.29, 0.717) is 11.5 Å². The van der Waals surface area contributed by atoms with Crippen LogP contribution in [0.4, 0.5) is 0 Å². The molecule has 2 unspecified atom stereocenters. The van der Waals surface area contributed by atoms with E-state index in [1.165, 1.54) is 19.3 Å². The minimum atomic E-state index is 0.398. The Morgan fingerprint density at radius 1 is 1.46 bits per heavy atom. The van der Waals surface area contributed by atoms with Gasteiger partial charge >= 0.3 is 0 Å². The summed E-state index contributed by atoms with van der Waals surface area (Å²) in [5.74, 6) is 0.732. The highest BCUT2D eigenvalue weighted by atomic mass is 79.9. The van der Waals surface area contributed by atoms with Crippen molar-refractivity contribution in [2.75, 3.05) is 11.9 Å². The van der Waals surface area contributed by atoms with Crippen molar-refractivity contribution in [3.8, 4) is 0 Å². The smallest absolute Gasteiger partial charge is 0.0579 e. The molecule has 1 nitrogen and oxygen atoms in total. The zero-order valence-electron chi connectivity index (χ0n) is 8.98. The number of alkyl halides is 1. The lowest BCUT2D eigenvalue weighted by atomic mass is 9.78.